The van der Waals surface area contributed by atoms with Gasteiger partial charge in [0.25, 0.3) is 0 Å². The molecule has 0 aliphatic carbocycles. The number of methoxy groups -OCH3 is 1. The van der Waals surface area contributed by atoms with E-state index in [4.69, 9.17) is 9.84 Å². The van der Waals surface area contributed by atoms with Crippen molar-refractivity contribution < 1.29 is 14.6 Å². The molecule has 1 aliphatic heterocycles. The molecule has 1 aliphatic rings. The lowest BCUT2D eigenvalue weighted by atomic mass is 10.0. The van der Waals surface area contributed by atoms with Crippen LogP contribution in [-0.4, -0.2) is 48.3 Å². The average Bonchev–Trinajstić information content (AvgIpc) is 2.56. The predicted molar refractivity (Wildman–Crippen MR) is 57.9 cm³/mol. The van der Waals surface area contributed by atoms with Crippen molar-refractivity contribution in [1.82, 2.24) is 4.90 Å². The number of ether oxygens (including phenoxy) is 1. The molecule has 0 amide bonds. The van der Waals surface area contributed by atoms with E-state index in [-0.39, 0.29) is 18.0 Å². The molecule has 0 aromatic heterocycles. The number of aliphatic carboxylic acids is 1. The van der Waals surface area contributed by atoms with Crippen LogP contribution in [0.4, 0.5) is 0 Å². The highest BCUT2D eigenvalue weighted by atomic mass is 16.5. The molecule has 0 aromatic rings. The van der Waals surface area contributed by atoms with E-state index < -0.39 is 5.97 Å². The van der Waals surface area contributed by atoms with Crippen molar-refractivity contribution in [3.8, 4) is 0 Å². The second-order valence-corrected chi connectivity index (χ2v) is 4.42. The van der Waals surface area contributed by atoms with Crippen molar-refractivity contribution in [2.24, 2.45) is 5.92 Å². The lowest BCUT2D eigenvalue weighted by Gasteiger charge is -2.29. The standard InChI is InChI=1S/C11H21NO3/c1-8-4-6-12(10(8)11(13)14)9(2)5-7-15-3/h8-10H,4-7H2,1-3H3,(H,13,14). The smallest absolute Gasteiger partial charge is 0.321 e. The molecule has 1 rings (SSSR count). The van der Waals surface area contributed by atoms with Gasteiger partial charge in [0.1, 0.15) is 6.04 Å². The zero-order valence-electron chi connectivity index (χ0n) is 9.77. The van der Waals surface area contributed by atoms with Crippen molar-refractivity contribution in [1.29, 1.82) is 0 Å². The first-order chi connectivity index (χ1) is 7.07. The Morgan fingerprint density at radius 2 is 2.33 bits per heavy atom. The topological polar surface area (TPSA) is 49.8 Å². The number of carbonyl (C=O) groups is 1. The number of carboxylic acid groups (broad SMARTS) is 1. The fraction of sp³-hybridized carbons (Fsp3) is 0.909. The molecular formula is C11H21NO3. The summed E-state index contributed by atoms with van der Waals surface area (Å²) in [4.78, 5) is 13.2. The summed E-state index contributed by atoms with van der Waals surface area (Å²) in [7, 11) is 1.67. The summed E-state index contributed by atoms with van der Waals surface area (Å²) in [5.74, 6) is -0.434. The minimum atomic E-state index is -0.690. The number of carboxylic acids is 1. The van der Waals surface area contributed by atoms with Gasteiger partial charge in [0, 0.05) is 19.8 Å². The lowest BCUT2D eigenvalue weighted by Crippen LogP contribution is -2.44. The first-order valence-electron chi connectivity index (χ1n) is 5.55. The van der Waals surface area contributed by atoms with Gasteiger partial charge in [-0.2, -0.15) is 0 Å². The van der Waals surface area contributed by atoms with Gasteiger partial charge < -0.3 is 9.84 Å². The van der Waals surface area contributed by atoms with Gasteiger partial charge in [0.2, 0.25) is 0 Å². The summed E-state index contributed by atoms with van der Waals surface area (Å²) in [5, 5.41) is 9.16. The van der Waals surface area contributed by atoms with E-state index >= 15 is 0 Å². The Morgan fingerprint density at radius 1 is 1.67 bits per heavy atom. The van der Waals surface area contributed by atoms with Gasteiger partial charge >= 0.3 is 5.97 Å². The molecule has 0 saturated carbocycles. The van der Waals surface area contributed by atoms with Crippen LogP contribution in [0.5, 0.6) is 0 Å². The average molecular weight is 215 g/mol. The molecule has 4 nitrogen and oxygen atoms in total. The molecular weight excluding hydrogens is 194 g/mol. The second kappa shape index (κ2) is 5.47. The Bertz CT molecular complexity index is 220. The fourth-order valence-corrected chi connectivity index (χ4v) is 2.31. The van der Waals surface area contributed by atoms with Crippen molar-refractivity contribution >= 4 is 5.97 Å². The molecule has 1 saturated heterocycles. The number of rotatable bonds is 5. The van der Waals surface area contributed by atoms with Crippen LogP contribution < -0.4 is 0 Å². The summed E-state index contributed by atoms with van der Waals surface area (Å²) in [6.07, 6.45) is 1.88. The highest BCUT2D eigenvalue weighted by Crippen LogP contribution is 2.26. The van der Waals surface area contributed by atoms with Crippen LogP contribution in [0, 0.1) is 5.92 Å². The quantitative estimate of drug-likeness (QED) is 0.749. The van der Waals surface area contributed by atoms with E-state index in [9.17, 15) is 4.79 Å². The van der Waals surface area contributed by atoms with Gasteiger partial charge in [-0.15, -0.1) is 0 Å². The van der Waals surface area contributed by atoms with E-state index in [1.165, 1.54) is 0 Å². The summed E-state index contributed by atoms with van der Waals surface area (Å²) in [6, 6.07) is -0.0205. The highest BCUT2D eigenvalue weighted by molar-refractivity contribution is 5.74. The minimum Gasteiger partial charge on any atom is -0.480 e. The normalized spacial score (nSPS) is 29.3. The maximum Gasteiger partial charge on any atom is 0.321 e. The van der Waals surface area contributed by atoms with Gasteiger partial charge in [-0.05, 0) is 32.2 Å². The zero-order chi connectivity index (χ0) is 11.4. The van der Waals surface area contributed by atoms with E-state index in [1.54, 1.807) is 7.11 Å². The van der Waals surface area contributed by atoms with Crippen molar-refractivity contribution in [2.45, 2.75) is 38.8 Å². The van der Waals surface area contributed by atoms with E-state index in [1.807, 2.05) is 6.92 Å². The van der Waals surface area contributed by atoms with Gasteiger partial charge in [-0.3, -0.25) is 9.69 Å². The summed E-state index contributed by atoms with van der Waals surface area (Å²) in [6.45, 7) is 5.68. The van der Waals surface area contributed by atoms with Crippen molar-refractivity contribution in [3.63, 3.8) is 0 Å². The third kappa shape index (κ3) is 2.92. The Labute approximate surface area is 91.2 Å². The second-order valence-electron chi connectivity index (χ2n) is 4.42. The molecule has 3 atom stereocenters. The zero-order valence-corrected chi connectivity index (χ0v) is 9.77. The first-order valence-corrected chi connectivity index (χ1v) is 5.55. The van der Waals surface area contributed by atoms with E-state index in [0.717, 1.165) is 19.4 Å². The van der Waals surface area contributed by atoms with Gasteiger partial charge in [-0.25, -0.2) is 0 Å². The van der Waals surface area contributed by atoms with Crippen LogP contribution in [0.15, 0.2) is 0 Å². The SMILES string of the molecule is COCCC(C)N1CCC(C)C1C(=O)O. The third-order valence-corrected chi connectivity index (χ3v) is 3.30. The lowest BCUT2D eigenvalue weighted by molar-refractivity contribution is -0.144. The molecule has 0 radical (unpaired) electrons. The Kier molecular flexibility index (Phi) is 4.54. The van der Waals surface area contributed by atoms with E-state index in [0.29, 0.717) is 6.61 Å². The first kappa shape index (κ1) is 12.5. The maximum absolute atomic E-state index is 11.1. The number of likely N-dealkylation sites (tertiary alicyclic amines) is 1. The molecule has 0 spiro atoms. The molecule has 0 aromatic carbocycles. The number of hydrogen-bond donors (Lipinski definition) is 1. The number of hydrogen-bond acceptors (Lipinski definition) is 3. The summed E-state index contributed by atoms with van der Waals surface area (Å²) < 4.78 is 5.02. The van der Waals surface area contributed by atoms with Gasteiger partial charge in [0.15, 0.2) is 0 Å². The third-order valence-electron chi connectivity index (χ3n) is 3.30. The number of nitrogens with zero attached hydrogens (tertiary/aromatic N) is 1. The Hall–Kier alpha value is -0.610. The highest BCUT2D eigenvalue weighted by Gasteiger charge is 2.38. The van der Waals surface area contributed by atoms with Gasteiger partial charge in [-0.1, -0.05) is 6.92 Å². The van der Waals surface area contributed by atoms with Gasteiger partial charge in [0.05, 0.1) is 0 Å². The molecule has 1 N–H and O–H groups in total. The van der Waals surface area contributed by atoms with Crippen LogP contribution in [0.3, 0.4) is 0 Å². The van der Waals surface area contributed by atoms with Crippen molar-refractivity contribution in [2.75, 3.05) is 20.3 Å². The summed E-state index contributed by atoms with van der Waals surface area (Å²) in [5.41, 5.74) is 0. The largest absolute Gasteiger partial charge is 0.480 e. The minimum absolute atomic E-state index is 0.257. The van der Waals surface area contributed by atoms with Crippen LogP contribution in [-0.2, 0) is 9.53 Å². The molecule has 1 heterocycles. The van der Waals surface area contributed by atoms with Crippen LogP contribution in [0.1, 0.15) is 26.7 Å². The molecule has 1 fully saturated rings. The van der Waals surface area contributed by atoms with E-state index in [2.05, 4.69) is 11.8 Å². The molecule has 88 valence electrons. The van der Waals surface area contributed by atoms with Crippen molar-refractivity contribution in [3.05, 3.63) is 0 Å². The molecule has 15 heavy (non-hydrogen) atoms. The maximum atomic E-state index is 11.1. The Morgan fingerprint density at radius 3 is 2.87 bits per heavy atom. The van der Waals surface area contributed by atoms with Crippen LogP contribution in [0.25, 0.3) is 0 Å². The Balaban J connectivity index is 2.56. The monoisotopic (exact) mass is 215 g/mol. The fourth-order valence-electron chi connectivity index (χ4n) is 2.31. The summed E-state index contributed by atoms with van der Waals surface area (Å²) >= 11 is 0. The molecule has 0 bridgehead atoms. The van der Waals surface area contributed by atoms with Crippen LogP contribution in [0.2, 0.25) is 0 Å². The molecule has 3 unspecified atom stereocenters. The predicted octanol–water partition coefficient (Wildman–Crippen LogP) is 1.21. The molecule has 4 heteroatoms. The van der Waals surface area contributed by atoms with Crippen LogP contribution >= 0.6 is 0 Å².